The molecule has 1 heterocycles. The summed E-state index contributed by atoms with van der Waals surface area (Å²) >= 11 is 0. The van der Waals surface area contributed by atoms with Gasteiger partial charge in [0.25, 0.3) is 5.91 Å². The average molecular weight is 244 g/mol. The summed E-state index contributed by atoms with van der Waals surface area (Å²) in [6, 6.07) is 1.52. The maximum Gasteiger partial charge on any atom is 0.416 e. The maximum atomic E-state index is 12.4. The van der Waals surface area contributed by atoms with E-state index in [2.05, 4.69) is 16.9 Å². The third-order valence-corrected chi connectivity index (χ3v) is 2.04. The molecule has 1 aromatic rings. The molecule has 0 fully saturated rings. The molecule has 6 heteroatoms. The molecule has 0 aliphatic carbocycles. The molecule has 0 saturated heterocycles. The van der Waals surface area contributed by atoms with Gasteiger partial charge in [0.15, 0.2) is 0 Å². The molecular weight excluding hydrogens is 233 g/mol. The Labute approximate surface area is 96.4 Å². The number of nitrogens with zero attached hydrogens (tertiary/aromatic N) is 1. The van der Waals surface area contributed by atoms with Crippen molar-refractivity contribution in [3.05, 3.63) is 41.9 Å². The fourth-order valence-corrected chi connectivity index (χ4v) is 1.04. The number of allylic oxidation sites excluding steroid dienone is 1. The van der Waals surface area contributed by atoms with Gasteiger partial charge in [0.05, 0.1) is 5.56 Å². The van der Waals surface area contributed by atoms with Gasteiger partial charge in [-0.1, -0.05) is 13.5 Å². The first-order valence-electron chi connectivity index (χ1n) is 4.87. The quantitative estimate of drug-likeness (QED) is 0.888. The molecule has 0 saturated carbocycles. The van der Waals surface area contributed by atoms with E-state index in [-0.39, 0.29) is 5.69 Å². The number of hydrogen-bond donors (Lipinski definition) is 1. The number of pyridine rings is 1. The lowest BCUT2D eigenvalue weighted by atomic mass is 10.2. The van der Waals surface area contributed by atoms with E-state index in [0.717, 1.165) is 12.3 Å². The van der Waals surface area contributed by atoms with E-state index in [0.29, 0.717) is 18.2 Å². The number of hydrogen-bond acceptors (Lipinski definition) is 2. The van der Waals surface area contributed by atoms with Gasteiger partial charge in [0.2, 0.25) is 0 Å². The van der Waals surface area contributed by atoms with Crippen LogP contribution in [0.2, 0.25) is 0 Å². The first kappa shape index (κ1) is 13.2. The lowest BCUT2D eigenvalue weighted by Crippen LogP contribution is -2.23. The van der Waals surface area contributed by atoms with Crippen molar-refractivity contribution in [2.45, 2.75) is 19.5 Å². The van der Waals surface area contributed by atoms with Gasteiger partial charge < -0.3 is 5.32 Å². The molecule has 1 rings (SSSR count). The van der Waals surface area contributed by atoms with Crippen LogP contribution in [-0.2, 0) is 6.18 Å². The highest BCUT2D eigenvalue weighted by Crippen LogP contribution is 2.28. The minimum atomic E-state index is -4.49. The summed E-state index contributed by atoms with van der Waals surface area (Å²) in [5.74, 6) is -0.692. The van der Waals surface area contributed by atoms with Crippen LogP contribution in [0.3, 0.4) is 0 Å². The minimum absolute atomic E-state index is 0.283. The molecule has 0 bridgehead atoms. The van der Waals surface area contributed by atoms with E-state index < -0.39 is 17.6 Å². The molecule has 92 valence electrons. The van der Waals surface area contributed by atoms with E-state index in [1.807, 2.05) is 0 Å². The monoisotopic (exact) mass is 244 g/mol. The van der Waals surface area contributed by atoms with Gasteiger partial charge in [-0.05, 0) is 18.6 Å². The molecule has 0 aliphatic rings. The van der Waals surface area contributed by atoms with Crippen molar-refractivity contribution in [3.8, 4) is 0 Å². The third kappa shape index (κ3) is 3.58. The Morgan fingerprint density at radius 2 is 2.18 bits per heavy atom. The van der Waals surface area contributed by atoms with Crippen LogP contribution in [0.25, 0.3) is 0 Å². The summed E-state index contributed by atoms with van der Waals surface area (Å²) in [5.41, 5.74) is -0.761. The zero-order valence-corrected chi connectivity index (χ0v) is 9.14. The second-order valence-electron chi connectivity index (χ2n) is 3.34. The van der Waals surface area contributed by atoms with Gasteiger partial charge in [0.1, 0.15) is 5.69 Å². The number of nitrogens with one attached hydrogen (secondary N) is 1. The summed E-state index contributed by atoms with van der Waals surface area (Å²) in [6.07, 6.45) is -3.03. The number of rotatable bonds is 3. The van der Waals surface area contributed by atoms with Crippen molar-refractivity contribution in [3.63, 3.8) is 0 Å². The molecule has 1 N–H and O–H groups in total. The van der Waals surface area contributed by atoms with Crippen LogP contribution in [-0.4, -0.2) is 10.9 Å². The lowest BCUT2D eigenvalue weighted by molar-refractivity contribution is -0.137. The number of alkyl halides is 3. The Hall–Kier alpha value is -1.85. The predicted octanol–water partition coefficient (Wildman–Crippen LogP) is 2.75. The van der Waals surface area contributed by atoms with Crippen LogP contribution in [0.15, 0.2) is 30.6 Å². The zero-order valence-electron chi connectivity index (χ0n) is 9.14. The molecule has 0 radical (unpaired) electrons. The fraction of sp³-hybridized carbons (Fsp3) is 0.273. The first-order valence-corrected chi connectivity index (χ1v) is 4.87. The maximum absolute atomic E-state index is 12.4. The van der Waals surface area contributed by atoms with E-state index in [4.69, 9.17) is 0 Å². The van der Waals surface area contributed by atoms with Gasteiger partial charge in [0, 0.05) is 11.9 Å². The fourth-order valence-electron chi connectivity index (χ4n) is 1.04. The molecule has 1 aromatic heterocycles. The van der Waals surface area contributed by atoms with Crippen molar-refractivity contribution in [2.75, 3.05) is 0 Å². The van der Waals surface area contributed by atoms with Crippen LogP contribution < -0.4 is 5.32 Å². The molecule has 0 spiro atoms. The second-order valence-corrected chi connectivity index (χ2v) is 3.34. The van der Waals surface area contributed by atoms with Gasteiger partial charge >= 0.3 is 6.18 Å². The minimum Gasteiger partial charge on any atom is -0.325 e. The largest absolute Gasteiger partial charge is 0.416 e. The van der Waals surface area contributed by atoms with Gasteiger partial charge in [-0.15, -0.1) is 0 Å². The van der Waals surface area contributed by atoms with Crippen molar-refractivity contribution < 1.29 is 18.0 Å². The summed E-state index contributed by atoms with van der Waals surface area (Å²) in [7, 11) is 0. The van der Waals surface area contributed by atoms with Crippen LogP contribution in [0.1, 0.15) is 29.4 Å². The number of halogens is 3. The number of carbonyl (C=O) groups is 1. The highest BCUT2D eigenvalue weighted by atomic mass is 19.4. The van der Waals surface area contributed by atoms with Crippen molar-refractivity contribution in [2.24, 2.45) is 0 Å². The molecule has 0 aromatic carbocycles. The summed E-state index contributed by atoms with van der Waals surface area (Å²) in [4.78, 5) is 15.1. The Kier molecular flexibility index (Phi) is 3.88. The second kappa shape index (κ2) is 4.99. The Bertz CT molecular complexity index is 441. The molecule has 0 aliphatic heterocycles. The van der Waals surface area contributed by atoms with Crippen molar-refractivity contribution in [1.82, 2.24) is 10.3 Å². The SMILES string of the molecule is C=C(CC)NC(=O)c1cc(C(F)(F)F)ccn1. The zero-order chi connectivity index (χ0) is 13.1. The van der Waals surface area contributed by atoms with E-state index in [9.17, 15) is 18.0 Å². The average Bonchev–Trinajstić information content (AvgIpc) is 2.28. The summed E-state index contributed by atoms with van der Waals surface area (Å²) < 4.78 is 37.1. The van der Waals surface area contributed by atoms with Gasteiger partial charge in [-0.2, -0.15) is 13.2 Å². The first-order chi connectivity index (χ1) is 7.84. The van der Waals surface area contributed by atoms with Crippen molar-refractivity contribution in [1.29, 1.82) is 0 Å². The summed E-state index contributed by atoms with van der Waals surface area (Å²) in [5, 5.41) is 2.36. The topological polar surface area (TPSA) is 42.0 Å². The van der Waals surface area contributed by atoms with E-state index in [1.165, 1.54) is 0 Å². The highest BCUT2D eigenvalue weighted by molar-refractivity contribution is 5.93. The molecular formula is C11H11F3N2O. The Balaban J connectivity index is 2.92. The molecule has 0 unspecified atom stereocenters. The van der Waals surface area contributed by atoms with Crippen LogP contribution in [0, 0.1) is 0 Å². The smallest absolute Gasteiger partial charge is 0.325 e. The van der Waals surface area contributed by atoms with E-state index >= 15 is 0 Å². The number of aromatic nitrogens is 1. The Morgan fingerprint density at radius 3 is 2.71 bits per heavy atom. The van der Waals surface area contributed by atoms with Gasteiger partial charge in [-0.3, -0.25) is 9.78 Å². The highest BCUT2D eigenvalue weighted by Gasteiger charge is 2.31. The lowest BCUT2D eigenvalue weighted by Gasteiger charge is -2.08. The Morgan fingerprint density at radius 1 is 1.53 bits per heavy atom. The van der Waals surface area contributed by atoms with Crippen LogP contribution >= 0.6 is 0 Å². The molecule has 0 atom stereocenters. The van der Waals surface area contributed by atoms with Gasteiger partial charge in [-0.25, -0.2) is 0 Å². The normalized spacial score (nSPS) is 11.1. The third-order valence-electron chi connectivity index (χ3n) is 2.04. The number of amides is 1. The van der Waals surface area contributed by atoms with E-state index in [1.54, 1.807) is 6.92 Å². The van der Waals surface area contributed by atoms with Crippen molar-refractivity contribution >= 4 is 5.91 Å². The molecule has 1 amide bonds. The standard InChI is InChI=1S/C11H11F3N2O/c1-3-7(2)16-10(17)9-6-8(4-5-15-9)11(12,13)14/h4-6H,2-3H2,1H3,(H,16,17). The summed E-state index contributed by atoms with van der Waals surface area (Å²) in [6.45, 7) is 5.29. The predicted molar refractivity (Wildman–Crippen MR) is 56.1 cm³/mol. The number of carbonyl (C=O) groups excluding carboxylic acids is 1. The molecule has 3 nitrogen and oxygen atoms in total. The molecule has 17 heavy (non-hydrogen) atoms. The van der Waals surface area contributed by atoms with Crippen LogP contribution in [0.4, 0.5) is 13.2 Å². The van der Waals surface area contributed by atoms with Crippen LogP contribution in [0.5, 0.6) is 0 Å².